The van der Waals surface area contributed by atoms with Gasteiger partial charge in [0, 0.05) is 4.47 Å². The molecule has 0 saturated carbocycles. The van der Waals surface area contributed by atoms with E-state index in [4.69, 9.17) is 0 Å². The van der Waals surface area contributed by atoms with Crippen LogP contribution in [0.1, 0.15) is 43.9 Å². The summed E-state index contributed by atoms with van der Waals surface area (Å²) in [6.07, 6.45) is 1.81. The molecule has 0 radical (unpaired) electrons. The van der Waals surface area contributed by atoms with Crippen LogP contribution in [0.15, 0.2) is 22.7 Å². The van der Waals surface area contributed by atoms with Crippen LogP contribution < -0.4 is 0 Å². The number of hydrogen-bond acceptors (Lipinski definition) is 1. The summed E-state index contributed by atoms with van der Waals surface area (Å²) in [6.45, 7) is 6.30. The zero-order valence-electron chi connectivity index (χ0n) is 9.63. The van der Waals surface area contributed by atoms with Crippen LogP contribution >= 0.6 is 15.9 Å². The monoisotopic (exact) mass is 270 g/mol. The molecule has 2 unspecified atom stereocenters. The fourth-order valence-corrected chi connectivity index (χ4v) is 2.52. The first kappa shape index (κ1) is 12.7. The molecule has 0 amide bonds. The minimum Gasteiger partial charge on any atom is -0.388 e. The Hall–Kier alpha value is -0.340. The van der Waals surface area contributed by atoms with Gasteiger partial charge in [-0.15, -0.1) is 0 Å². The maximum atomic E-state index is 10.2. The van der Waals surface area contributed by atoms with E-state index in [0.717, 1.165) is 22.9 Å². The van der Waals surface area contributed by atoms with E-state index in [1.54, 1.807) is 0 Å². The Morgan fingerprint density at radius 3 is 2.60 bits per heavy atom. The van der Waals surface area contributed by atoms with Crippen molar-refractivity contribution in [3.05, 3.63) is 33.8 Å². The van der Waals surface area contributed by atoms with Crippen LogP contribution in [0, 0.1) is 12.8 Å². The van der Waals surface area contributed by atoms with Crippen molar-refractivity contribution in [3.63, 3.8) is 0 Å². The molecule has 2 heteroatoms. The average molecular weight is 271 g/mol. The Labute approximate surface area is 101 Å². The smallest absolute Gasteiger partial charge is 0.0826 e. The fraction of sp³-hybridized carbons (Fsp3) is 0.538. The molecule has 0 aliphatic carbocycles. The van der Waals surface area contributed by atoms with E-state index in [1.165, 1.54) is 5.56 Å². The largest absolute Gasteiger partial charge is 0.388 e. The normalized spacial score (nSPS) is 15.0. The van der Waals surface area contributed by atoms with Crippen LogP contribution in [0.4, 0.5) is 0 Å². The van der Waals surface area contributed by atoms with Crippen molar-refractivity contribution in [2.24, 2.45) is 5.92 Å². The number of halogens is 1. The van der Waals surface area contributed by atoms with E-state index >= 15 is 0 Å². The molecule has 0 aromatic heterocycles. The molecule has 1 nitrogen and oxygen atoms in total. The SMILES string of the molecule is CCCC(C)C(O)c1ccc(C)cc1Br. The van der Waals surface area contributed by atoms with E-state index in [1.807, 2.05) is 12.1 Å². The highest BCUT2D eigenvalue weighted by Crippen LogP contribution is 2.31. The molecular weight excluding hydrogens is 252 g/mol. The molecule has 1 N–H and O–H groups in total. The van der Waals surface area contributed by atoms with Gasteiger partial charge in [0.15, 0.2) is 0 Å². The number of aliphatic hydroxyl groups is 1. The van der Waals surface area contributed by atoms with E-state index in [2.05, 4.69) is 42.8 Å². The number of aliphatic hydroxyl groups excluding tert-OH is 1. The summed E-state index contributed by atoms with van der Waals surface area (Å²) in [4.78, 5) is 0. The lowest BCUT2D eigenvalue weighted by atomic mass is 9.93. The van der Waals surface area contributed by atoms with Gasteiger partial charge in [-0.05, 0) is 36.5 Å². The standard InChI is InChI=1S/C13H19BrO/c1-4-5-10(3)13(15)11-7-6-9(2)8-12(11)14/h6-8,10,13,15H,4-5H2,1-3H3. The third kappa shape index (κ3) is 3.32. The van der Waals surface area contributed by atoms with Crippen LogP contribution in [-0.4, -0.2) is 5.11 Å². The van der Waals surface area contributed by atoms with Crippen molar-refractivity contribution in [1.29, 1.82) is 0 Å². The molecule has 0 aliphatic heterocycles. The Bertz CT molecular complexity index is 322. The number of benzene rings is 1. The minimum atomic E-state index is -0.361. The Morgan fingerprint density at radius 2 is 2.07 bits per heavy atom. The molecule has 84 valence electrons. The third-order valence-electron chi connectivity index (χ3n) is 2.76. The van der Waals surface area contributed by atoms with Gasteiger partial charge in [0.05, 0.1) is 6.10 Å². The van der Waals surface area contributed by atoms with Crippen LogP contribution in [-0.2, 0) is 0 Å². The fourth-order valence-electron chi connectivity index (χ4n) is 1.79. The van der Waals surface area contributed by atoms with Crippen LogP contribution in [0.2, 0.25) is 0 Å². The van der Waals surface area contributed by atoms with E-state index < -0.39 is 0 Å². The molecule has 0 bridgehead atoms. The van der Waals surface area contributed by atoms with Crippen molar-refractivity contribution in [2.45, 2.75) is 39.7 Å². The van der Waals surface area contributed by atoms with E-state index in [9.17, 15) is 5.11 Å². The first-order valence-corrected chi connectivity index (χ1v) is 6.29. The lowest BCUT2D eigenvalue weighted by molar-refractivity contribution is 0.111. The van der Waals surface area contributed by atoms with Crippen molar-refractivity contribution < 1.29 is 5.11 Å². The molecule has 1 rings (SSSR count). The van der Waals surface area contributed by atoms with Crippen LogP contribution in [0.3, 0.4) is 0 Å². The summed E-state index contributed by atoms with van der Waals surface area (Å²) < 4.78 is 1.01. The highest BCUT2D eigenvalue weighted by atomic mass is 79.9. The summed E-state index contributed by atoms with van der Waals surface area (Å²) in [7, 11) is 0. The number of hydrogen-bond donors (Lipinski definition) is 1. The lowest BCUT2D eigenvalue weighted by Crippen LogP contribution is -2.09. The van der Waals surface area contributed by atoms with Crippen LogP contribution in [0.25, 0.3) is 0 Å². The van der Waals surface area contributed by atoms with E-state index in [0.29, 0.717) is 5.92 Å². The van der Waals surface area contributed by atoms with Crippen LogP contribution in [0.5, 0.6) is 0 Å². The summed E-state index contributed by atoms with van der Waals surface area (Å²) >= 11 is 3.51. The molecule has 0 aliphatic rings. The number of rotatable bonds is 4. The first-order chi connectivity index (χ1) is 7.06. The predicted octanol–water partition coefficient (Wildman–Crippen LogP) is 4.23. The highest BCUT2D eigenvalue weighted by molar-refractivity contribution is 9.10. The van der Waals surface area contributed by atoms with Crippen molar-refractivity contribution in [3.8, 4) is 0 Å². The van der Waals surface area contributed by atoms with Gasteiger partial charge in [-0.3, -0.25) is 0 Å². The third-order valence-corrected chi connectivity index (χ3v) is 3.44. The second-order valence-corrected chi connectivity index (χ2v) is 5.09. The van der Waals surface area contributed by atoms with Gasteiger partial charge in [0.1, 0.15) is 0 Å². The summed E-state index contributed by atoms with van der Waals surface area (Å²) in [5, 5.41) is 10.2. The van der Waals surface area contributed by atoms with Gasteiger partial charge in [0.25, 0.3) is 0 Å². The zero-order chi connectivity index (χ0) is 11.4. The second kappa shape index (κ2) is 5.66. The van der Waals surface area contributed by atoms with Crippen molar-refractivity contribution in [2.75, 3.05) is 0 Å². The molecule has 0 spiro atoms. The van der Waals surface area contributed by atoms with E-state index in [-0.39, 0.29) is 6.10 Å². The molecule has 0 saturated heterocycles. The second-order valence-electron chi connectivity index (χ2n) is 4.24. The molecular formula is C13H19BrO. The Morgan fingerprint density at radius 1 is 1.40 bits per heavy atom. The van der Waals surface area contributed by atoms with Gasteiger partial charge in [-0.2, -0.15) is 0 Å². The topological polar surface area (TPSA) is 20.2 Å². The number of aryl methyl sites for hydroxylation is 1. The van der Waals surface area contributed by atoms with Crippen molar-refractivity contribution >= 4 is 15.9 Å². The Balaban J connectivity index is 2.86. The average Bonchev–Trinajstić information content (AvgIpc) is 2.17. The molecule has 15 heavy (non-hydrogen) atoms. The van der Waals surface area contributed by atoms with Gasteiger partial charge >= 0.3 is 0 Å². The van der Waals surface area contributed by atoms with Gasteiger partial charge in [-0.25, -0.2) is 0 Å². The Kier molecular flexibility index (Phi) is 4.81. The van der Waals surface area contributed by atoms with Gasteiger partial charge in [-0.1, -0.05) is 48.3 Å². The highest BCUT2D eigenvalue weighted by Gasteiger charge is 2.17. The molecule has 0 fully saturated rings. The lowest BCUT2D eigenvalue weighted by Gasteiger charge is -2.20. The summed E-state index contributed by atoms with van der Waals surface area (Å²) in [5.74, 6) is 0.314. The molecule has 2 atom stereocenters. The maximum Gasteiger partial charge on any atom is 0.0826 e. The maximum absolute atomic E-state index is 10.2. The quantitative estimate of drug-likeness (QED) is 0.869. The molecule has 1 aromatic rings. The molecule has 1 aromatic carbocycles. The molecule has 0 heterocycles. The predicted molar refractivity (Wildman–Crippen MR) is 67.9 cm³/mol. The zero-order valence-corrected chi connectivity index (χ0v) is 11.2. The summed E-state index contributed by atoms with van der Waals surface area (Å²) in [6, 6.07) is 6.11. The van der Waals surface area contributed by atoms with Crippen molar-refractivity contribution in [1.82, 2.24) is 0 Å². The first-order valence-electron chi connectivity index (χ1n) is 5.50. The summed E-state index contributed by atoms with van der Waals surface area (Å²) in [5.41, 5.74) is 2.21. The van der Waals surface area contributed by atoms with Gasteiger partial charge < -0.3 is 5.11 Å². The van der Waals surface area contributed by atoms with Gasteiger partial charge in [0.2, 0.25) is 0 Å². The minimum absolute atomic E-state index is 0.314.